The minimum Gasteiger partial charge on any atom is -0.341 e. The summed E-state index contributed by atoms with van der Waals surface area (Å²) >= 11 is 3.50. The predicted octanol–water partition coefficient (Wildman–Crippen LogP) is 3.30. The molecule has 1 unspecified atom stereocenters. The van der Waals surface area contributed by atoms with Crippen LogP contribution in [0.3, 0.4) is 0 Å². The van der Waals surface area contributed by atoms with E-state index in [0.717, 1.165) is 27.9 Å². The van der Waals surface area contributed by atoms with Gasteiger partial charge in [0.05, 0.1) is 17.1 Å². The molecule has 16 heavy (non-hydrogen) atoms. The van der Waals surface area contributed by atoms with Crippen LogP contribution in [0.5, 0.6) is 0 Å². The SMILES string of the molecule is CCNC(C)c1nc2c(C)cc(Br)cc2[nH]1. The maximum absolute atomic E-state index is 4.63. The summed E-state index contributed by atoms with van der Waals surface area (Å²) in [6.45, 7) is 7.24. The van der Waals surface area contributed by atoms with Gasteiger partial charge in [0.25, 0.3) is 0 Å². The molecule has 1 atom stereocenters. The lowest BCUT2D eigenvalue weighted by Gasteiger charge is -2.07. The fourth-order valence-electron chi connectivity index (χ4n) is 1.87. The number of aryl methyl sites for hydroxylation is 1. The van der Waals surface area contributed by atoms with E-state index in [2.05, 4.69) is 64.1 Å². The third-order valence-corrected chi connectivity index (χ3v) is 3.14. The number of hydrogen-bond donors (Lipinski definition) is 2. The minimum atomic E-state index is 0.260. The summed E-state index contributed by atoms with van der Waals surface area (Å²) < 4.78 is 1.09. The highest BCUT2D eigenvalue weighted by molar-refractivity contribution is 9.10. The predicted molar refractivity (Wildman–Crippen MR) is 70.6 cm³/mol. The van der Waals surface area contributed by atoms with Crippen molar-refractivity contribution in [2.75, 3.05) is 6.54 Å². The number of H-pyrrole nitrogens is 1. The molecule has 0 radical (unpaired) electrons. The van der Waals surface area contributed by atoms with Gasteiger partial charge in [0.2, 0.25) is 0 Å². The van der Waals surface area contributed by atoms with Gasteiger partial charge < -0.3 is 10.3 Å². The lowest BCUT2D eigenvalue weighted by molar-refractivity contribution is 0.573. The van der Waals surface area contributed by atoms with Crippen molar-refractivity contribution in [3.05, 3.63) is 28.0 Å². The highest BCUT2D eigenvalue weighted by atomic mass is 79.9. The summed E-state index contributed by atoms with van der Waals surface area (Å²) in [6, 6.07) is 4.41. The van der Waals surface area contributed by atoms with Crippen molar-refractivity contribution in [2.24, 2.45) is 0 Å². The first-order chi connectivity index (χ1) is 7.61. The lowest BCUT2D eigenvalue weighted by Crippen LogP contribution is -2.18. The molecule has 2 rings (SSSR count). The number of fused-ring (bicyclic) bond motifs is 1. The van der Waals surface area contributed by atoms with Crippen LogP contribution in [0, 0.1) is 6.92 Å². The van der Waals surface area contributed by atoms with Crippen LogP contribution in [-0.2, 0) is 0 Å². The highest BCUT2D eigenvalue weighted by Crippen LogP contribution is 2.23. The van der Waals surface area contributed by atoms with Crippen LogP contribution < -0.4 is 5.32 Å². The molecule has 0 aliphatic carbocycles. The Kier molecular flexibility index (Phi) is 3.30. The Bertz CT molecular complexity index is 504. The van der Waals surface area contributed by atoms with Gasteiger partial charge in [-0.05, 0) is 38.1 Å². The van der Waals surface area contributed by atoms with Crippen molar-refractivity contribution < 1.29 is 0 Å². The zero-order valence-corrected chi connectivity index (χ0v) is 11.4. The van der Waals surface area contributed by atoms with Crippen molar-refractivity contribution in [1.82, 2.24) is 15.3 Å². The minimum absolute atomic E-state index is 0.260. The van der Waals surface area contributed by atoms with Crippen molar-refractivity contribution in [1.29, 1.82) is 0 Å². The van der Waals surface area contributed by atoms with Gasteiger partial charge in [0.15, 0.2) is 0 Å². The number of aromatic nitrogens is 2. The van der Waals surface area contributed by atoms with Gasteiger partial charge in [-0.2, -0.15) is 0 Å². The first-order valence-electron chi connectivity index (χ1n) is 5.51. The second-order valence-electron chi connectivity index (χ2n) is 4.02. The van der Waals surface area contributed by atoms with Gasteiger partial charge in [0, 0.05) is 4.47 Å². The fraction of sp³-hybridized carbons (Fsp3) is 0.417. The van der Waals surface area contributed by atoms with Crippen LogP contribution >= 0.6 is 15.9 Å². The molecular formula is C12H16BrN3. The molecule has 0 bridgehead atoms. The van der Waals surface area contributed by atoms with Crippen LogP contribution in [0.2, 0.25) is 0 Å². The Balaban J connectivity index is 2.47. The van der Waals surface area contributed by atoms with E-state index in [0.29, 0.717) is 0 Å². The number of nitrogens with zero attached hydrogens (tertiary/aromatic N) is 1. The summed E-state index contributed by atoms with van der Waals surface area (Å²) in [5.41, 5.74) is 3.34. The molecule has 2 N–H and O–H groups in total. The Labute approximate surface area is 104 Å². The molecule has 0 amide bonds. The average molecular weight is 282 g/mol. The third-order valence-electron chi connectivity index (χ3n) is 2.68. The average Bonchev–Trinajstić information content (AvgIpc) is 2.62. The molecule has 0 spiro atoms. The van der Waals surface area contributed by atoms with Gasteiger partial charge >= 0.3 is 0 Å². The largest absolute Gasteiger partial charge is 0.341 e. The third kappa shape index (κ3) is 2.13. The highest BCUT2D eigenvalue weighted by Gasteiger charge is 2.11. The number of aromatic amines is 1. The first kappa shape index (κ1) is 11.6. The zero-order chi connectivity index (χ0) is 11.7. The van der Waals surface area contributed by atoms with Crippen LogP contribution in [0.4, 0.5) is 0 Å². The van der Waals surface area contributed by atoms with Gasteiger partial charge in [-0.25, -0.2) is 4.98 Å². The number of rotatable bonds is 3. The quantitative estimate of drug-likeness (QED) is 0.906. The first-order valence-corrected chi connectivity index (χ1v) is 6.30. The number of imidazole rings is 1. The van der Waals surface area contributed by atoms with E-state index < -0.39 is 0 Å². The van der Waals surface area contributed by atoms with E-state index in [1.54, 1.807) is 0 Å². The molecule has 1 aromatic carbocycles. The van der Waals surface area contributed by atoms with E-state index >= 15 is 0 Å². The number of nitrogens with one attached hydrogen (secondary N) is 2. The van der Waals surface area contributed by atoms with E-state index in [1.165, 1.54) is 5.56 Å². The molecule has 3 nitrogen and oxygen atoms in total. The molecule has 0 aliphatic heterocycles. The van der Waals surface area contributed by atoms with Crippen molar-refractivity contribution in [3.63, 3.8) is 0 Å². The molecule has 0 aliphatic rings. The van der Waals surface area contributed by atoms with Crippen molar-refractivity contribution in [3.8, 4) is 0 Å². The Morgan fingerprint density at radius 1 is 1.50 bits per heavy atom. The second kappa shape index (κ2) is 4.55. The topological polar surface area (TPSA) is 40.7 Å². The van der Waals surface area contributed by atoms with E-state index in [-0.39, 0.29) is 6.04 Å². The van der Waals surface area contributed by atoms with Crippen LogP contribution in [0.15, 0.2) is 16.6 Å². The molecule has 4 heteroatoms. The molecule has 1 heterocycles. The van der Waals surface area contributed by atoms with E-state index in [9.17, 15) is 0 Å². The number of hydrogen-bond acceptors (Lipinski definition) is 2. The van der Waals surface area contributed by atoms with Crippen molar-refractivity contribution in [2.45, 2.75) is 26.8 Å². The molecule has 0 fully saturated rings. The lowest BCUT2D eigenvalue weighted by atomic mass is 10.2. The molecular weight excluding hydrogens is 266 g/mol. The molecule has 86 valence electrons. The molecule has 0 saturated heterocycles. The monoisotopic (exact) mass is 281 g/mol. The normalized spacial score (nSPS) is 13.2. The maximum Gasteiger partial charge on any atom is 0.124 e. The zero-order valence-electron chi connectivity index (χ0n) is 9.76. The van der Waals surface area contributed by atoms with E-state index in [4.69, 9.17) is 0 Å². The van der Waals surface area contributed by atoms with Crippen LogP contribution in [0.25, 0.3) is 11.0 Å². The Morgan fingerprint density at radius 2 is 2.25 bits per heavy atom. The summed E-state index contributed by atoms with van der Waals surface area (Å²) in [5.74, 6) is 0.998. The standard InChI is InChI=1S/C12H16BrN3/c1-4-14-8(3)12-15-10-6-9(13)5-7(2)11(10)16-12/h5-6,8,14H,4H2,1-3H3,(H,15,16). The van der Waals surface area contributed by atoms with Gasteiger partial charge in [-0.15, -0.1) is 0 Å². The van der Waals surface area contributed by atoms with Crippen molar-refractivity contribution >= 4 is 27.0 Å². The summed E-state index contributed by atoms with van der Waals surface area (Å²) in [6.07, 6.45) is 0. The summed E-state index contributed by atoms with van der Waals surface area (Å²) in [7, 11) is 0. The Hall–Kier alpha value is -0.870. The fourth-order valence-corrected chi connectivity index (χ4v) is 2.45. The number of halogens is 1. The molecule has 0 saturated carbocycles. The van der Waals surface area contributed by atoms with Gasteiger partial charge in [0.1, 0.15) is 5.82 Å². The Morgan fingerprint density at radius 3 is 2.94 bits per heavy atom. The van der Waals surface area contributed by atoms with E-state index in [1.807, 2.05) is 0 Å². The molecule has 2 aromatic rings. The van der Waals surface area contributed by atoms with Gasteiger partial charge in [-0.1, -0.05) is 22.9 Å². The number of benzene rings is 1. The van der Waals surface area contributed by atoms with Crippen LogP contribution in [-0.4, -0.2) is 16.5 Å². The molecule has 1 aromatic heterocycles. The summed E-state index contributed by atoms with van der Waals surface area (Å²) in [4.78, 5) is 7.99. The summed E-state index contributed by atoms with van der Waals surface area (Å²) in [5, 5.41) is 3.35. The smallest absolute Gasteiger partial charge is 0.124 e. The van der Waals surface area contributed by atoms with Crippen LogP contribution in [0.1, 0.15) is 31.3 Å². The maximum atomic E-state index is 4.63. The van der Waals surface area contributed by atoms with Gasteiger partial charge in [-0.3, -0.25) is 0 Å². The second-order valence-corrected chi connectivity index (χ2v) is 4.94.